The number of likely N-dealkylation sites (N-methyl/N-ethyl adjacent to an activating group) is 1. The van der Waals surface area contributed by atoms with Crippen LogP contribution in [0, 0.1) is 17.8 Å². The average Bonchev–Trinajstić information content (AvgIpc) is 3.04. The van der Waals surface area contributed by atoms with E-state index in [4.69, 9.17) is 15.2 Å². The van der Waals surface area contributed by atoms with Gasteiger partial charge in [-0.25, -0.2) is 0 Å². The molecule has 10 nitrogen and oxygen atoms in total. The lowest BCUT2D eigenvalue weighted by Crippen LogP contribution is -2.69. The highest BCUT2D eigenvalue weighted by Crippen LogP contribution is 2.52. The van der Waals surface area contributed by atoms with E-state index in [0.29, 0.717) is 12.2 Å². The van der Waals surface area contributed by atoms with Crippen molar-refractivity contribution in [2.24, 2.45) is 23.5 Å². The van der Waals surface area contributed by atoms with Gasteiger partial charge in [-0.2, -0.15) is 0 Å². The molecule has 1 fully saturated rings. The van der Waals surface area contributed by atoms with E-state index >= 15 is 0 Å². The van der Waals surface area contributed by atoms with Gasteiger partial charge in [-0.05, 0) is 61.7 Å². The molecule has 1 unspecified atom stereocenters. The van der Waals surface area contributed by atoms with E-state index in [-0.39, 0.29) is 31.0 Å². The van der Waals surface area contributed by atoms with Gasteiger partial charge in [0.15, 0.2) is 17.2 Å². The van der Waals surface area contributed by atoms with Gasteiger partial charge in [0.1, 0.15) is 30.3 Å². The maximum absolute atomic E-state index is 14.5. The Morgan fingerprint density at radius 1 is 0.894 bits per heavy atom. The molecule has 0 aliphatic heterocycles. The number of aliphatic hydroxyl groups is 1. The molecule has 244 valence electrons. The number of carbonyl (C=O) groups excluding carboxylic acids is 4. The van der Waals surface area contributed by atoms with Crippen LogP contribution < -0.4 is 15.4 Å². The third-order valence-corrected chi connectivity index (χ3v) is 9.70. The van der Waals surface area contributed by atoms with Gasteiger partial charge in [0.25, 0.3) is 5.91 Å². The normalized spacial score (nSPS) is 25.2. The maximum Gasteiger partial charge on any atom is 0.255 e. The molecule has 1 amide bonds. The monoisotopic (exact) mass is 637 g/mol. The summed E-state index contributed by atoms with van der Waals surface area (Å²) in [7, 11) is 7.22. The summed E-state index contributed by atoms with van der Waals surface area (Å²) >= 11 is 0. The standard InChI is InChI=1S/C37H39N3O7/c1-39(2)26-15-16-27(46-19-21-11-7-5-8-12-21)29-24(26)17-23-18-25-31(40(3)4)33(47-20-22-13-9-6-10-14-22)30(36(38)44)35(43)37(25,45)34(42)28(23)32(29)41/h5-16,23,25,28,31,45H,17-20H2,1-4H3,(H2,38,44)/t23-,25-,28?,31-,37-/m0/s1. The van der Waals surface area contributed by atoms with Gasteiger partial charge in [-0.3, -0.25) is 24.1 Å². The fourth-order valence-corrected chi connectivity index (χ4v) is 7.58. The highest BCUT2D eigenvalue weighted by atomic mass is 16.5. The molecule has 0 radical (unpaired) electrons. The zero-order valence-corrected chi connectivity index (χ0v) is 26.9. The van der Waals surface area contributed by atoms with Crippen LogP contribution in [0.25, 0.3) is 0 Å². The highest BCUT2D eigenvalue weighted by Gasteiger charge is 2.67. The Bertz CT molecular complexity index is 1770. The van der Waals surface area contributed by atoms with Crippen LogP contribution in [0.1, 0.15) is 33.5 Å². The minimum Gasteiger partial charge on any atom is -0.491 e. The lowest BCUT2D eigenvalue weighted by Gasteiger charge is -2.52. The van der Waals surface area contributed by atoms with Crippen LogP contribution >= 0.6 is 0 Å². The van der Waals surface area contributed by atoms with Crippen molar-refractivity contribution >= 4 is 28.9 Å². The first-order chi connectivity index (χ1) is 22.4. The molecule has 3 aromatic carbocycles. The van der Waals surface area contributed by atoms with E-state index in [1.54, 1.807) is 25.1 Å². The number of hydrogen-bond acceptors (Lipinski definition) is 9. The van der Waals surface area contributed by atoms with Crippen molar-refractivity contribution in [2.75, 3.05) is 33.1 Å². The third kappa shape index (κ3) is 5.41. The van der Waals surface area contributed by atoms with Crippen molar-refractivity contribution < 1.29 is 33.8 Å². The fraction of sp³-hybridized carbons (Fsp3) is 0.351. The van der Waals surface area contributed by atoms with Crippen molar-refractivity contribution in [3.8, 4) is 5.75 Å². The molecule has 1 saturated carbocycles. The van der Waals surface area contributed by atoms with Gasteiger partial charge in [0.2, 0.25) is 5.78 Å². The fourth-order valence-electron chi connectivity index (χ4n) is 7.58. The summed E-state index contributed by atoms with van der Waals surface area (Å²) in [5.41, 5.74) is 6.08. The van der Waals surface area contributed by atoms with E-state index in [9.17, 15) is 24.3 Å². The van der Waals surface area contributed by atoms with Crippen LogP contribution in [-0.2, 0) is 38.8 Å². The predicted octanol–water partition coefficient (Wildman–Crippen LogP) is 3.09. The molecule has 0 aromatic heterocycles. The van der Waals surface area contributed by atoms with Gasteiger partial charge < -0.3 is 25.2 Å². The van der Waals surface area contributed by atoms with E-state index in [1.165, 1.54) is 0 Å². The molecule has 3 N–H and O–H groups in total. The smallest absolute Gasteiger partial charge is 0.255 e. The van der Waals surface area contributed by atoms with Crippen LogP contribution in [0.3, 0.4) is 0 Å². The van der Waals surface area contributed by atoms with Crippen LogP contribution in [-0.4, -0.2) is 73.1 Å². The Morgan fingerprint density at radius 3 is 2.04 bits per heavy atom. The summed E-state index contributed by atoms with van der Waals surface area (Å²) in [5, 5.41) is 12.2. The Morgan fingerprint density at radius 2 is 1.49 bits per heavy atom. The first-order valence-electron chi connectivity index (χ1n) is 15.7. The van der Waals surface area contributed by atoms with Crippen molar-refractivity contribution in [3.05, 3.63) is 106 Å². The van der Waals surface area contributed by atoms with Gasteiger partial charge in [-0.15, -0.1) is 0 Å². The lowest BCUT2D eigenvalue weighted by atomic mass is 9.54. The summed E-state index contributed by atoms with van der Waals surface area (Å²) in [6.07, 6.45) is 0.500. The molecule has 6 rings (SSSR count). The average molecular weight is 638 g/mol. The van der Waals surface area contributed by atoms with E-state index in [0.717, 1.165) is 22.4 Å². The van der Waals surface area contributed by atoms with Crippen LogP contribution in [0.2, 0.25) is 0 Å². The Kier molecular flexibility index (Phi) is 8.50. The summed E-state index contributed by atoms with van der Waals surface area (Å²) in [4.78, 5) is 59.6. The zero-order chi connectivity index (χ0) is 33.6. The second-order valence-corrected chi connectivity index (χ2v) is 13.0. The summed E-state index contributed by atoms with van der Waals surface area (Å²) in [6, 6.07) is 21.5. The first-order valence-corrected chi connectivity index (χ1v) is 15.7. The molecule has 3 aliphatic carbocycles. The number of fused-ring (bicyclic) bond motifs is 3. The Balaban J connectivity index is 1.42. The molecule has 0 saturated heterocycles. The molecule has 5 atom stereocenters. The van der Waals surface area contributed by atoms with E-state index < -0.39 is 58.2 Å². The summed E-state index contributed by atoms with van der Waals surface area (Å²) < 4.78 is 12.3. The van der Waals surface area contributed by atoms with Crippen LogP contribution in [0.4, 0.5) is 5.69 Å². The molecule has 0 bridgehead atoms. The second kappa shape index (κ2) is 12.4. The molecular weight excluding hydrogens is 598 g/mol. The quantitative estimate of drug-likeness (QED) is 0.268. The van der Waals surface area contributed by atoms with E-state index in [2.05, 4.69) is 0 Å². The highest BCUT2D eigenvalue weighted by molar-refractivity contribution is 6.32. The van der Waals surface area contributed by atoms with Crippen molar-refractivity contribution in [1.82, 2.24) is 4.90 Å². The number of nitrogens with zero attached hydrogens (tertiary/aromatic N) is 2. The molecule has 47 heavy (non-hydrogen) atoms. The van der Waals surface area contributed by atoms with E-state index in [1.807, 2.05) is 85.7 Å². The number of ketones is 3. The number of anilines is 1. The number of nitrogens with two attached hydrogens (primary N) is 1. The van der Waals surface area contributed by atoms with Crippen molar-refractivity contribution in [1.29, 1.82) is 0 Å². The molecule has 10 heteroatoms. The number of primary amides is 1. The van der Waals surface area contributed by atoms with Crippen LogP contribution in [0.15, 0.2) is 84.1 Å². The number of benzene rings is 3. The number of ether oxygens (including phenoxy) is 2. The summed E-state index contributed by atoms with van der Waals surface area (Å²) in [5.74, 6) is -6.14. The van der Waals surface area contributed by atoms with Crippen LogP contribution in [0.5, 0.6) is 5.75 Å². The van der Waals surface area contributed by atoms with Gasteiger partial charge in [0.05, 0.1) is 17.5 Å². The largest absolute Gasteiger partial charge is 0.491 e. The molecule has 0 spiro atoms. The Labute approximate surface area is 273 Å². The second-order valence-electron chi connectivity index (χ2n) is 13.0. The third-order valence-electron chi connectivity index (χ3n) is 9.70. The molecular formula is C37H39N3O7. The number of Topliss-reactive ketones (excluding diaryl/α,β-unsaturated/α-hetero) is 3. The molecule has 3 aliphatic rings. The number of carbonyl (C=O) groups is 4. The van der Waals surface area contributed by atoms with Gasteiger partial charge in [-0.1, -0.05) is 60.7 Å². The summed E-state index contributed by atoms with van der Waals surface area (Å²) in [6.45, 7) is 0.247. The maximum atomic E-state index is 14.5. The van der Waals surface area contributed by atoms with Gasteiger partial charge >= 0.3 is 0 Å². The number of rotatable bonds is 9. The molecule has 3 aromatic rings. The predicted molar refractivity (Wildman–Crippen MR) is 175 cm³/mol. The first kappa shape index (κ1) is 32.2. The molecule has 0 heterocycles. The van der Waals surface area contributed by atoms with Gasteiger partial charge in [0, 0.05) is 25.7 Å². The van der Waals surface area contributed by atoms with Crippen molar-refractivity contribution in [3.63, 3.8) is 0 Å². The minimum absolute atomic E-state index is 0.0189. The number of amides is 1. The number of hydrogen-bond donors (Lipinski definition) is 2. The lowest BCUT2D eigenvalue weighted by molar-refractivity contribution is -0.170. The zero-order valence-electron chi connectivity index (χ0n) is 26.9. The SMILES string of the molecule is CN(C)c1ccc(OCc2ccccc2)c2c1C[C@H]1C[C@H]3[C@H](N(C)C)C(OCc4ccccc4)=C(C(N)=O)C(=O)[C@@]3(O)C(=O)C1C2=O. The minimum atomic E-state index is -2.66. The van der Waals surface area contributed by atoms with Crippen molar-refractivity contribution in [2.45, 2.75) is 37.7 Å². The topological polar surface area (TPSA) is 139 Å². The Hall–Kier alpha value is -4.80.